The van der Waals surface area contributed by atoms with Gasteiger partial charge in [0.05, 0.1) is 5.41 Å². The summed E-state index contributed by atoms with van der Waals surface area (Å²) in [5.74, 6) is 0.583. The third kappa shape index (κ3) is 6.64. The lowest BCUT2D eigenvalue weighted by Gasteiger charge is -2.35. The van der Waals surface area contributed by atoms with Crippen molar-refractivity contribution in [3.63, 3.8) is 0 Å². The summed E-state index contributed by atoms with van der Waals surface area (Å²) < 4.78 is 13.4. The van der Waals surface area contributed by atoms with Crippen LogP contribution in [0.1, 0.15) is 22.3 Å². The Morgan fingerprint density at radius 3 is 1.44 bits per heavy atom. The number of anilines is 3. The number of oxazole rings is 1. The maximum atomic E-state index is 6.88. The van der Waals surface area contributed by atoms with Crippen molar-refractivity contribution in [2.24, 2.45) is 0 Å². The fourth-order valence-electron chi connectivity index (χ4n) is 11.3. The Labute approximate surface area is 417 Å². The summed E-state index contributed by atoms with van der Waals surface area (Å²) in [6, 6.07) is 95.3. The third-order valence-corrected chi connectivity index (χ3v) is 14.6. The Morgan fingerprint density at radius 1 is 0.319 bits per heavy atom. The zero-order valence-electron chi connectivity index (χ0n) is 39.1. The molecule has 13 aromatic rings. The van der Waals surface area contributed by atoms with Gasteiger partial charge in [0, 0.05) is 44.5 Å². The van der Waals surface area contributed by atoms with Crippen LogP contribution in [0.15, 0.2) is 276 Å². The second kappa shape index (κ2) is 16.9. The number of benzene rings is 11. The van der Waals surface area contributed by atoms with E-state index in [1.807, 2.05) is 18.2 Å². The molecule has 0 saturated heterocycles. The minimum atomic E-state index is -0.563. The number of hydrogen-bond donors (Lipinski definition) is 0. The van der Waals surface area contributed by atoms with Crippen molar-refractivity contribution >= 4 is 50.1 Å². The van der Waals surface area contributed by atoms with Crippen LogP contribution in [0.25, 0.3) is 89.0 Å². The van der Waals surface area contributed by atoms with Crippen molar-refractivity contribution in [2.75, 3.05) is 4.90 Å². The van der Waals surface area contributed by atoms with Gasteiger partial charge in [-0.1, -0.05) is 212 Å². The van der Waals surface area contributed by atoms with Crippen LogP contribution in [0.4, 0.5) is 17.1 Å². The van der Waals surface area contributed by atoms with Gasteiger partial charge < -0.3 is 13.7 Å². The van der Waals surface area contributed by atoms with Gasteiger partial charge in [-0.05, 0) is 110 Å². The monoisotopic (exact) mass is 920 g/mol. The quantitative estimate of drug-likeness (QED) is 0.145. The van der Waals surface area contributed by atoms with Crippen LogP contribution in [-0.2, 0) is 5.41 Å². The number of fused-ring (bicyclic) bond motifs is 7. The molecule has 72 heavy (non-hydrogen) atoms. The first-order chi connectivity index (χ1) is 35.7. The zero-order chi connectivity index (χ0) is 47.6. The minimum absolute atomic E-state index is 0.563. The molecule has 338 valence electrons. The van der Waals surface area contributed by atoms with Crippen molar-refractivity contribution in [1.29, 1.82) is 0 Å². The van der Waals surface area contributed by atoms with E-state index in [-0.39, 0.29) is 0 Å². The maximum Gasteiger partial charge on any atom is 0.227 e. The molecule has 14 rings (SSSR count). The van der Waals surface area contributed by atoms with Crippen LogP contribution >= 0.6 is 0 Å². The van der Waals surface area contributed by atoms with Gasteiger partial charge in [0.2, 0.25) is 5.89 Å². The Balaban J connectivity index is 0.925. The van der Waals surface area contributed by atoms with E-state index in [0.717, 1.165) is 83.5 Å². The van der Waals surface area contributed by atoms with Crippen LogP contribution < -0.4 is 4.90 Å². The molecular formula is C68H44N2O2. The number of para-hydroxylation sites is 2. The highest BCUT2D eigenvalue weighted by Crippen LogP contribution is 2.57. The summed E-state index contributed by atoms with van der Waals surface area (Å²) >= 11 is 0. The fourth-order valence-corrected chi connectivity index (χ4v) is 11.3. The minimum Gasteiger partial charge on any atom is -0.455 e. The lowest BCUT2D eigenvalue weighted by Crippen LogP contribution is -2.28. The van der Waals surface area contributed by atoms with Crippen molar-refractivity contribution in [3.8, 4) is 56.0 Å². The summed E-state index contributed by atoms with van der Waals surface area (Å²) in [7, 11) is 0. The summed E-state index contributed by atoms with van der Waals surface area (Å²) in [6.07, 6.45) is 0. The van der Waals surface area contributed by atoms with E-state index in [9.17, 15) is 0 Å². The van der Waals surface area contributed by atoms with Gasteiger partial charge in [0.1, 0.15) is 16.7 Å². The Hall–Kier alpha value is -9.51. The van der Waals surface area contributed by atoms with Gasteiger partial charge in [-0.3, -0.25) is 0 Å². The maximum absolute atomic E-state index is 6.88. The average molecular weight is 921 g/mol. The molecule has 1 aliphatic carbocycles. The second-order valence-corrected chi connectivity index (χ2v) is 18.6. The second-order valence-electron chi connectivity index (χ2n) is 18.6. The number of nitrogens with zero attached hydrogens (tertiary/aromatic N) is 2. The predicted octanol–water partition coefficient (Wildman–Crippen LogP) is 18.2. The van der Waals surface area contributed by atoms with E-state index in [2.05, 4.69) is 254 Å². The topological polar surface area (TPSA) is 42.4 Å². The molecule has 0 spiro atoms. The molecular weight excluding hydrogens is 877 g/mol. The van der Waals surface area contributed by atoms with Crippen molar-refractivity contribution in [3.05, 3.63) is 289 Å². The highest BCUT2D eigenvalue weighted by Gasteiger charge is 2.46. The fraction of sp³-hybridized carbons (Fsp3) is 0.0147. The molecule has 1 aliphatic rings. The molecule has 2 aromatic heterocycles. The van der Waals surface area contributed by atoms with Gasteiger partial charge in [0.15, 0.2) is 5.58 Å². The molecule has 0 fully saturated rings. The molecule has 0 atom stereocenters. The van der Waals surface area contributed by atoms with Crippen LogP contribution in [0, 0.1) is 0 Å². The van der Waals surface area contributed by atoms with E-state index in [1.54, 1.807) is 0 Å². The standard InChI is InChI=1S/C68H44N2O2/c1-5-17-45(18-6-1)46-31-33-49(34-32-46)67-69-63-44-54(40-42-64(63)71-67)70(52-37-35-48(36-38-52)56-27-16-29-60-59-28-15-26-55(65(59)72-66(56)60)47-19-7-2-8-20-47)53-39-41-58-57-25-13-14-30-61(57)68(62(58)43-53,50-21-9-3-10-22-50)51-23-11-4-12-24-51/h1-44H. The number of hydrogen-bond acceptors (Lipinski definition) is 4. The van der Waals surface area contributed by atoms with E-state index in [4.69, 9.17) is 13.8 Å². The van der Waals surface area contributed by atoms with E-state index in [1.165, 1.54) is 38.9 Å². The van der Waals surface area contributed by atoms with Gasteiger partial charge in [-0.15, -0.1) is 0 Å². The Bertz CT molecular complexity index is 4080. The Kier molecular flexibility index (Phi) is 9.71. The SMILES string of the molecule is c1ccc(-c2ccc(-c3nc4cc(N(c5ccc(-c6cccc7c6oc6c(-c8ccccc8)cccc67)cc5)c5ccc6c(c5)C(c5ccccc5)(c5ccccc5)c5ccccc5-6)ccc4o3)cc2)cc1. The molecule has 4 heteroatoms. The molecule has 0 radical (unpaired) electrons. The van der Waals surface area contributed by atoms with Crippen molar-refractivity contribution < 1.29 is 8.83 Å². The summed E-state index contributed by atoms with van der Waals surface area (Å²) in [6.45, 7) is 0. The molecule has 11 aromatic carbocycles. The van der Waals surface area contributed by atoms with Crippen LogP contribution in [0.2, 0.25) is 0 Å². The molecule has 4 nitrogen and oxygen atoms in total. The van der Waals surface area contributed by atoms with Crippen LogP contribution in [0.5, 0.6) is 0 Å². The first kappa shape index (κ1) is 41.5. The summed E-state index contributed by atoms with van der Waals surface area (Å²) in [5.41, 5.74) is 20.7. The molecule has 0 N–H and O–H groups in total. The molecule has 0 unspecified atom stereocenters. The molecule has 0 aliphatic heterocycles. The van der Waals surface area contributed by atoms with Crippen molar-refractivity contribution in [2.45, 2.75) is 5.41 Å². The third-order valence-electron chi connectivity index (χ3n) is 14.6. The van der Waals surface area contributed by atoms with Gasteiger partial charge in [0.25, 0.3) is 0 Å². The van der Waals surface area contributed by atoms with E-state index >= 15 is 0 Å². The normalized spacial score (nSPS) is 12.6. The van der Waals surface area contributed by atoms with Crippen molar-refractivity contribution in [1.82, 2.24) is 4.98 Å². The van der Waals surface area contributed by atoms with Gasteiger partial charge in [-0.2, -0.15) is 0 Å². The zero-order valence-corrected chi connectivity index (χ0v) is 39.1. The smallest absolute Gasteiger partial charge is 0.227 e. The van der Waals surface area contributed by atoms with Gasteiger partial charge in [-0.25, -0.2) is 4.98 Å². The lowest BCUT2D eigenvalue weighted by atomic mass is 9.67. The van der Waals surface area contributed by atoms with Crippen LogP contribution in [-0.4, -0.2) is 4.98 Å². The first-order valence-corrected chi connectivity index (χ1v) is 24.5. The first-order valence-electron chi connectivity index (χ1n) is 24.5. The summed E-state index contributed by atoms with van der Waals surface area (Å²) in [5, 5.41) is 2.20. The highest BCUT2D eigenvalue weighted by atomic mass is 16.3. The molecule has 2 heterocycles. The number of aromatic nitrogens is 1. The summed E-state index contributed by atoms with van der Waals surface area (Å²) in [4.78, 5) is 7.48. The highest BCUT2D eigenvalue weighted by molar-refractivity contribution is 6.13. The van der Waals surface area contributed by atoms with E-state index < -0.39 is 5.41 Å². The Morgan fingerprint density at radius 2 is 0.792 bits per heavy atom. The average Bonchev–Trinajstić information content (AvgIpc) is 4.15. The predicted molar refractivity (Wildman–Crippen MR) is 295 cm³/mol. The molecule has 0 bridgehead atoms. The van der Waals surface area contributed by atoms with Gasteiger partial charge >= 0.3 is 0 Å². The largest absolute Gasteiger partial charge is 0.455 e. The molecule has 0 saturated carbocycles. The van der Waals surface area contributed by atoms with E-state index in [0.29, 0.717) is 5.89 Å². The lowest BCUT2D eigenvalue weighted by molar-refractivity contribution is 0.620. The number of rotatable bonds is 9. The van der Waals surface area contributed by atoms with Crippen LogP contribution in [0.3, 0.4) is 0 Å². The number of furan rings is 1. The molecule has 0 amide bonds.